The highest BCUT2D eigenvalue weighted by Crippen LogP contribution is 2.34. The highest BCUT2D eigenvalue weighted by molar-refractivity contribution is 7.84. The SMILES string of the molecule is CC(C)(C[C@H](c1ccc(Cl)cc1)C(F)F)S(N)=O. The predicted molar refractivity (Wildman–Crippen MR) is 71.2 cm³/mol. The lowest BCUT2D eigenvalue weighted by Crippen LogP contribution is -2.35. The molecule has 0 aliphatic heterocycles. The van der Waals surface area contributed by atoms with Gasteiger partial charge in [0, 0.05) is 10.9 Å². The van der Waals surface area contributed by atoms with Crippen LogP contribution in [-0.2, 0) is 11.0 Å². The molecule has 2 N–H and O–H groups in total. The molecule has 6 heteroatoms. The van der Waals surface area contributed by atoms with E-state index in [1.165, 1.54) is 0 Å². The Morgan fingerprint density at radius 1 is 1.33 bits per heavy atom. The van der Waals surface area contributed by atoms with Crippen LogP contribution in [0.2, 0.25) is 5.02 Å². The summed E-state index contributed by atoms with van der Waals surface area (Å²) in [5.41, 5.74) is 0.480. The molecule has 0 amide bonds. The van der Waals surface area contributed by atoms with E-state index in [0.29, 0.717) is 10.6 Å². The quantitative estimate of drug-likeness (QED) is 0.888. The van der Waals surface area contributed by atoms with Gasteiger partial charge in [0.05, 0.1) is 15.7 Å². The van der Waals surface area contributed by atoms with Gasteiger partial charge in [-0.2, -0.15) is 0 Å². The van der Waals surface area contributed by atoms with Crippen LogP contribution in [0.25, 0.3) is 0 Å². The third-order valence-electron chi connectivity index (χ3n) is 2.86. The first kappa shape index (κ1) is 15.5. The Morgan fingerprint density at radius 3 is 2.22 bits per heavy atom. The molecule has 0 aliphatic carbocycles. The van der Waals surface area contributed by atoms with Crippen molar-refractivity contribution in [3.05, 3.63) is 34.9 Å². The molecule has 2 nitrogen and oxygen atoms in total. The number of hydrogen-bond donors (Lipinski definition) is 1. The fourth-order valence-electron chi connectivity index (χ4n) is 1.67. The Labute approximate surface area is 113 Å². The zero-order valence-electron chi connectivity index (χ0n) is 10.2. The molecular weight excluding hydrogens is 280 g/mol. The van der Waals surface area contributed by atoms with Gasteiger partial charge in [0.2, 0.25) is 6.43 Å². The standard InChI is InChI=1S/C12H16ClF2NOS/c1-12(2,18(16)17)7-10(11(14)15)8-3-5-9(13)6-4-8/h3-6,10-11H,7,16H2,1-2H3/t10-,18?/m1/s1. The second-order valence-electron chi connectivity index (χ2n) is 4.75. The third kappa shape index (κ3) is 4.00. The molecule has 0 saturated carbocycles. The van der Waals surface area contributed by atoms with Gasteiger partial charge < -0.3 is 0 Å². The van der Waals surface area contributed by atoms with Gasteiger partial charge in [-0.1, -0.05) is 23.7 Å². The van der Waals surface area contributed by atoms with E-state index >= 15 is 0 Å². The Balaban J connectivity index is 2.97. The van der Waals surface area contributed by atoms with E-state index in [0.717, 1.165) is 0 Å². The van der Waals surface area contributed by atoms with E-state index in [1.54, 1.807) is 38.1 Å². The average Bonchev–Trinajstić information content (AvgIpc) is 2.27. The highest BCUT2D eigenvalue weighted by atomic mass is 35.5. The third-order valence-corrected chi connectivity index (χ3v) is 4.37. The maximum atomic E-state index is 13.1. The second kappa shape index (κ2) is 6.08. The maximum Gasteiger partial charge on any atom is 0.245 e. The minimum absolute atomic E-state index is 0.0510. The lowest BCUT2D eigenvalue weighted by atomic mass is 9.90. The van der Waals surface area contributed by atoms with Crippen molar-refractivity contribution in [3.63, 3.8) is 0 Å². The molecule has 0 heterocycles. The molecule has 0 bridgehead atoms. The molecule has 102 valence electrons. The zero-order chi connectivity index (χ0) is 13.9. The first-order valence-corrected chi connectivity index (χ1v) is 7.03. The minimum Gasteiger partial charge on any atom is -0.251 e. The summed E-state index contributed by atoms with van der Waals surface area (Å²) < 4.78 is 36.7. The smallest absolute Gasteiger partial charge is 0.245 e. The van der Waals surface area contributed by atoms with Crippen LogP contribution in [-0.4, -0.2) is 15.4 Å². The normalized spacial score (nSPS) is 15.7. The van der Waals surface area contributed by atoms with Crippen molar-refractivity contribution in [1.82, 2.24) is 0 Å². The van der Waals surface area contributed by atoms with E-state index in [-0.39, 0.29) is 6.42 Å². The fraction of sp³-hybridized carbons (Fsp3) is 0.500. The van der Waals surface area contributed by atoms with Gasteiger partial charge >= 0.3 is 0 Å². The number of nitrogens with two attached hydrogens (primary N) is 1. The van der Waals surface area contributed by atoms with Gasteiger partial charge in [-0.3, -0.25) is 5.14 Å². The molecule has 1 aromatic rings. The molecule has 18 heavy (non-hydrogen) atoms. The first-order valence-electron chi connectivity index (χ1n) is 5.44. The van der Waals surface area contributed by atoms with E-state index in [1.807, 2.05) is 0 Å². The Bertz CT molecular complexity index is 423. The number of benzene rings is 1. The Morgan fingerprint density at radius 2 is 1.83 bits per heavy atom. The summed E-state index contributed by atoms with van der Waals surface area (Å²) in [5.74, 6) is -0.996. The number of hydrogen-bond acceptors (Lipinski definition) is 1. The molecule has 1 unspecified atom stereocenters. The van der Waals surface area contributed by atoms with Crippen molar-refractivity contribution in [2.75, 3.05) is 0 Å². The van der Waals surface area contributed by atoms with E-state index in [9.17, 15) is 13.0 Å². The summed E-state index contributed by atoms with van der Waals surface area (Å²) in [6.07, 6.45) is -2.48. The molecule has 0 spiro atoms. The van der Waals surface area contributed by atoms with E-state index in [2.05, 4.69) is 0 Å². The van der Waals surface area contributed by atoms with Gasteiger partial charge in [-0.25, -0.2) is 13.0 Å². The zero-order valence-corrected chi connectivity index (χ0v) is 11.8. The molecule has 0 saturated heterocycles. The van der Waals surface area contributed by atoms with Crippen molar-refractivity contribution in [1.29, 1.82) is 0 Å². The number of halogens is 3. The molecule has 1 aromatic carbocycles. The summed E-state index contributed by atoms with van der Waals surface area (Å²) in [7, 11) is -1.65. The van der Waals surface area contributed by atoms with Crippen molar-refractivity contribution >= 4 is 22.6 Å². The Hall–Kier alpha value is -0.520. The topological polar surface area (TPSA) is 43.1 Å². The first-order chi connectivity index (χ1) is 8.24. The average molecular weight is 296 g/mol. The van der Waals surface area contributed by atoms with Crippen LogP contribution in [0.15, 0.2) is 24.3 Å². The van der Waals surface area contributed by atoms with Gasteiger partial charge in [0.15, 0.2) is 0 Å². The lowest BCUT2D eigenvalue weighted by Gasteiger charge is -2.27. The van der Waals surface area contributed by atoms with E-state index in [4.69, 9.17) is 16.7 Å². The van der Waals surface area contributed by atoms with Crippen LogP contribution < -0.4 is 5.14 Å². The molecular formula is C12H16ClF2NOS. The molecule has 0 radical (unpaired) electrons. The van der Waals surface area contributed by atoms with Crippen molar-refractivity contribution in [2.24, 2.45) is 5.14 Å². The van der Waals surface area contributed by atoms with Gasteiger partial charge in [0.25, 0.3) is 0 Å². The van der Waals surface area contributed by atoms with Crippen LogP contribution >= 0.6 is 11.6 Å². The number of rotatable bonds is 5. The van der Waals surface area contributed by atoms with Crippen LogP contribution in [0, 0.1) is 0 Å². The molecule has 0 aromatic heterocycles. The Kier molecular flexibility index (Phi) is 5.25. The molecule has 0 aliphatic rings. The van der Waals surface area contributed by atoms with Crippen molar-refractivity contribution < 1.29 is 13.0 Å². The van der Waals surface area contributed by atoms with Crippen LogP contribution in [0.5, 0.6) is 0 Å². The van der Waals surface area contributed by atoms with Crippen molar-refractivity contribution in [2.45, 2.75) is 37.4 Å². The van der Waals surface area contributed by atoms with Gasteiger partial charge in [0.1, 0.15) is 0 Å². The highest BCUT2D eigenvalue weighted by Gasteiger charge is 2.33. The fourth-order valence-corrected chi connectivity index (χ4v) is 2.14. The summed E-state index contributed by atoms with van der Waals surface area (Å²) >= 11 is 5.72. The molecule has 1 rings (SSSR count). The maximum absolute atomic E-state index is 13.1. The summed E-state index contributed by atoms with van der Waals surface area (Å²) in [4.78, 5) is 0. The van der Waals surface area contributed by atoms with Crippen LogP contribution in [0.4, 0.5) is 8.78 Å². The summed E-state index contributed by atoms with van der Waals surface area (Å²) in [6, 6.07) is 6.26. The van der Waals surface area contributed by atoms with Gasteiger partial charge in [-0.05, 0) is 38.0 Å². The second-order valence-corrected chi connectivity index (χ2v) is 6.89. The predicted octanol–water partition coefficient (Wildman–Crippen LogP) is 3.48. The monoisotopic (exact) mass is 295 g/mol. The van der Waals surface area contributed by atoms with Crippen LogP contribution in [0.1, 0.15) is 31.7 Å². The number of alkyl halides is 2. The molecule has 0 fully saturated rings. The summed E-state index contributed by atoms with van der Waals surface area (Å²) in [6.45, 7) is 3.24. The summed E-state index contributed by atoms with van der Waals surface area (Å²) in [5, 5.41) is 5.82. The van der Waals surface area contributed by atoms with Gasteiger partial charge in [-0.15, -0.1) is 0 Å². The van der Waals surface area contributed by atoms with Crippen LogP contribution in [0.3, 0.4) is 0 Å². The lowest BCUT2D eigenvalue weighted by molar-refractivity contribution is 0.106. The van der Waals surface area contributed by atoms with Crippen molar-refractivity contribution in [3.8, 4) is 0 Å². The largest absolute Gasteiger partial charge is 0.251 e. The minimum atomic E-state index is -2.53. The van der Waals surface area contributed by atoms with E-state index < -0.39 is 28.1 Å². The molecule has 2 atom stereocenters.